The van der Waals surface area contributed by atoms with Crippen LogP contribution >= 0.6 is 0 Å². The van der Waals surface area contributed by atoms with Gasteiger partial charge in [0.15, 0.2) is 0 Å². The largest absolute Gasteiger partial charge is 0.399 e. The maximum absolute atomic E-state index is 12.2. The monoisotopic (exact) mass is 283 g/mol. The summed E-state index contributed by atoms with van der Waals surface area (Å²) in [5, 5.41) is 5.47. The van der Waals surface area contributed by atoms with Gasteiger partial charge in [-0.2, -0.15) is 0 Å². The van der Waals surface area contributed by atoms with Crippen molar-refractivity contribution in [1.82, 2.24) is 0 Å². The molecule has 0 aliphatic heterocycles. The molecule has 2 amide bonds. The van der Waals surface area contributed by atoms with Gasteiger partial charge in [-0.05, 0) is 55.0 Å². The number of aryl methyl sites for hydroxylation is 1. The number of nitrogens with two attached hydrogens (primary N) is 1. The van der Waals surface area contributed by atoms with Crippen molar-refractivity contribution in [3.8, 4) is 0 Å². The zero-order chi connectivity index (χ0) is 15.4. The zero-order valence-corrected chi connectivity index (χ0v) is 11.9. The van der Waals surface area contributed by atoms with Gasteiger partial charge in [0, 0.05) is 29.5 Å². The van der Waals surface area contributed by atoms with Crippen molar-refractivity contribution in [2.75, 3.05) is 16.4 Å². The Hall–Kier alpha value is -2.82. The summed E-state index contributed by atoms with van der Waals surface area (Å²) in [6.45, 7) is 3.28. The number of amides is 2. The number of benzene rings is 2. The predicted octanol–water partition coefficient (Wildman–Crippen LogP) is 2.79. The van der Waals surface area contributed by atoms with Gasteiger partial charge < -0.3 is 16.4 Å². The first-order chi connectivity index (χ1) is 9.95. The highest BCUT2D eigenvalue weighted by atomic mass is 16.2. The fraction of sp³-hybridized carbons (Fsp3) is 0.125. The van der Waals surface area contributed by atoms with Crippen LogP contribution in [0.1, 0.15) is 22.8 Å². The number of nitrogens with one attached hydrogen (secondary N) is 2. The molecule has 0 saturated heterocycles. The summed E-state index contributed by atoms with van der Waals surface area (Å²) in [5.74, 6) is -0.330. The normalized spacial score (nSPS) is 10.0. The Labute approximate surface area is 123 Å². The highest BCUT2D eigenvalue weighted by molar-refractivity contribution is 6.05. The number of anilines is 3. The maximum Gasteiger partial charge on any atom is 0.255 e. The Morgan fingerprint density at radius 3 is 2.05 bits per heavy atom. The van der Waals surface area contributed by atoms with Gasteiger partial charge in [-0.3, -0.25) is 9.59 Å². The molecule has 0 atom stereocenters. The molecule has 0 bridgehead atoms. The van der Waals surface area contributed by atoms with Crippen LogP contribution in [0.25, 0.3) is 0 Å². The molecule has 0 aliphatic carbocycles. The third-order valence-electron chi connectivity index (χ3n) is 2.96. The molecule has 2 aromatic carbocycles. The second-order valence-electron chi connectivity index (χ2n) is 4.79. The highest BCUT2D eigenvalue weighted by Gasteiger charge is 2.09. The van der Waals surface area contributed by atoms with Gasteiger partial charge in [0.2, 0.25) is 5.91 Å². The van der Waals surface area contributed by atoms with Crippen LogP contribution in [0.3, 0.4) is 0 Å². The van der Waals surface area contributed by atoms with Gasteiger partial charge in [-0.25, -0.2) is 0 Å². The summed E-state index contributed by atoms with van der Waals surface area (Å²) < 4.78 is 0. The minimum atomic E-state index is -0.195. The molecule has 0 spiro atoms. The van der Waals surface area contributed by atoms with E-state index >= 15 is 0 Å². The Kier molecular flexibility index (Phi) is 4.23. The van der Waals surface area contributed by atoms with E-state index in [0.717, 1.165) is 5.56 Å². The standard InChI is InChI=1S/C16H17N3O2/c1-10-9-12(17)3-8-15(10)16(21)19-14-6-4-13(5-7-14)18-11(2)20/h3-9H,17H2,1-2H3,(H,18,20)(H,19,21). The second kappa shape index (κ2) is 6.09. The molecule has 0 fully saturated rings. The molecule has 2 rings (SSSR count). The first-order valence-electron chi connectivity index (χ1n) is 6.51. The average molecular weight is 283 g/mol. The van der Waals surface area contributed by atoms with Gasteiger partial charge in [-0.15, -0.1) is 0 Å². The van der Waals surface area contributed by atoms with Crippen LogP contribution in [0.15, 0.2) is 42.5 Å². The smallest absolute Gasteiger partial charge is 0.255 e. The van der Waals surface area contributed by atoms with Gasteiger partial charge >= 0.3 is 0 Å². The van der Waals surface area contributed by atoms with Crippen LogP contribution in [-0.4, -0.2) is 11.8 Å². The SMILES string of the molecule is CC(=O)Nc1ccc(NC(=O)c2ccc(N)cc2C)cc1. The van der Waals surface area contributed by atoms with Crippen LogP contribution in [-0.2, 0) is 4.79 Å². The lowest BCUT2D eigenvalue weighted by molar-refractivity contribution is -0.114. The van der Waals surface area contributed by atoms with Crippen molar-refractivity contribution in [2.45, 2.75) is 13.8 Å². The summed E-state index contributed by atoms with van der Waals surface area (Å²) >= 11 is 0. The van der Waals surface area contributed by atoms with Crippen LogP contribution in [0.4, 0.5) is 17.1 Å². The van der Waals surface area contributed by atoms with E-state index in [9.17, 15) is 9.59 Å². The molecule has 0 radical (unpaired) electrons. The predicted molar refractivity (Wildman–Crippen MR) is 84.3 cm³/mol. The van der Waals surface area contributed by atoms with Gasteiger partial charge in [0.25, 0.3) is 5.91 Å². The van der Waals surface area contributed by atoms with Crippen molar-refractivity contribution in [3.63, 3.8) is 0 Å². The Morgan fingerprint density at radius 1 is 0.952 bits per heavy atom. The average Bonchev–Trinajstić information content (AvgIpc) is 2.40. The Bertz CT molecular complexity index is 678. The Balaban J connectivity index is 2.10. The second-order valence-corrected chi connectivity index (χ2v) is 4.79. The first kappa shape index (κ1) is 14.6. The molecule has 0 saturated carbocycles. The lowest BCUT2D eigenvalue weighted by Crippen LogP contribution is -2.13. The van der Waals surface area contributed by atoms with E-state index in [0.29, 0.717) is 22.6 Å². The minimum absolute atomic E-state index is 0.135. The number of rotatable bonds is 3. The molecule has 0 heterocycles. The van der Waals surface area contributed by atoms with Gasteiger partial charge in [0.1, 0.15) is 0 Å². The molecule has 4 N–H and O–H groups in total. The van der Waals surface area contributed by atoms with E-state index < -0.39 is 0 Å². The van der Waals surface area contributed by atoms with E-state index in [1.165, 1.54) is 6.92 Å². The maximum atomic E-state index is 12.2. The first-order valence-corrected chi connectivity index (χ1v) is 6.51. The zero-order valence-electron chi connectivity index (χ0n) is 11.9. The van der Waals surface area contributed by atoms with Gasteiger partial charge in [-0.1, -0.05) is 0 Å². The third kappa shape index (κ3) is 3.82. The summed E-state index contributed by atoms with van der Waals surface area (Å²) in [6.07, 6.45) is 0. The molecular weight excluding hydrogens is 266 g/mol. The lowest BCUT2D eigenvalue weighted by Gasteiger charge is -2.09. The number of hydrogen-bond donors (Lipinski definition) is 3. The fourth-order valence-electron chi connectivity index (χ4n) is 1.98. The summed E-state index contributed by atoms with van der Waals surface area (Å²) in [7, 11) is 0. The molecule has 2 aromatic rings. The molecule has 21 heavy (non-hydrogen) atoms. The van der Waals surface area contributed by atoms with Crippen molar-refractivity contribution in [2.24, 2.45) is 0 Å². The minimum Gasteiger partial charge on any atom is -0.399 e. The van der Waals surface area contributed by atoms with Crippen LogP contribution < -0.4 is 16.4 Å². The molecular formula is C16H17N3O2. The molecule has 0 aliphatic rings. The quantitative estimate of drug-likeness (QED) is 0.757. The molecule has 0 unspecified atom stereocenters. The third-order valence-corrected chi connectivity index (χ3v) is 2.96. The topological polar surface area (TPSA) is 84.2 Å². The van der Waals surface area contributed by atoms with Crippen LogP contribution in [0.2, 0.25) is 0 Å². The molecule has 5 nitrogen and oxygen atoms in total. The van der Waals surface area contributed by atoms with Crippen LogP contribution in [0.5, 0.6) is 0 Å². The van der Waals surface area contributed by atoms with E-state index in [4.69, 9.17) is 5.73 Å². The van der Waals surface area contributed by atoms with Crippen molar-refractivity contribution in [1.29, 1.82) is 0 Å². The fourth-order valence-corrected chi connectivity index (χ4v) is 1.98. The van der Waals surface area contributed by atoms with Crippen LogP contribution in [0, 0.1) is 6.92 Å². The van der Waals surface area contributed by atoms with Crippen molar-refractivity contribution >= 4 is 28.9 Å². The number of carbonyl (C=O) groups is 2. The summed E-state index contributed by atoms with van der Waals surface area (Å²) in [4.78, 5) is 23.1. The van der Waals surface area contributed by atoms with E-state index in [1.54, 1.807) is 42.5 Å². The number of nitrogen functional groups attached to an aromatic ring is 1. The van der Waals surface area contributed by atoms with Crippen molar-refractivity contribution in [3.05, 3.63) is 53.6 Å². The number of carbonyl (C=O) groups excluding carboxylic acids is 2. The van der Waals surface area contributed by atoms with E-state index in [1.807, 2.05) is 6.92 Å². The van der Waals surface area contributed by atoms with Gasteiger partial charge in [0.05, 0.1) is 0 Å². The molecule has 5 heteroatoms. The Morgan fingerprint density at radius 2 is 1.52 bits per heavy atom. The van der Waals surface area contributed by atoms with Crippen molar-refractivity contribution < 1.29 is 9.59 Å². The van der Waals surface area contributed by atoms with E-state index in [-0.39, 0.29) is 11.8 Å². The molecule has 108 valence electrons. The highest BCUT2D eigenvalue weighted by Crippen LogP contribution is 2.17. The summed E-state index contributed by atoms with van der Waals surface area (Å²) in [5.41, 5.74) is 9.04. The summed E-state index contributed by atoms with van der Waals surface area (Å²) in [6, 6.07) is 12.1. The molecule has 0 aromatic heterocycles. The van der Waals surface area contributed by atoms with E-state index in [2.05, 4.69) is 10.6 Å². The number of hydrogen-bond acceptors (Lipinski definition) is 3. The lowest BCUT2D eigenvalue weighted by atomic mass is 10.1.